The van der Waals surface area contributed by atoms with E-state index in [1.165, 1.54) is 25.9 Å². The SMILES string of the molecule is CNC(=O)c1cccc(NCC2CCN(C)CC2)c1. The Morgan fingerprint density at radius 1 is 1.37 bits per heavy atom. The summed E-state index contributed by atoms with van der Waals surface area (Å²) in [6.45, 7) is 3.36. The Balaban J connectivity index is 1.87. The highest BCUT2D eigenvalue weighted by Gasteiger charge is 2.16. The zero-order valence-electron chi connectivity index (χ0n) is 11.8. The van der Waals surface area contributed by atoms with Crippen molar-refractivity contribution in [2.75, 3.05) is 39.0 Å². The first-order chi connectivity index (χ1) is 9.19. The van der Waals surface area contributed by atoms with Crippen LogP contribution in [0.15, 0.2) is 24.3 Å². The van der Waals surface area contributed by atoms with Gasteiger partial charge in [-0.15, -0.1) is 0 Å². The van der Waals surface area contributed by atoms with Gasteiger partial charge in [0.05, 0.1) is 0 Å². The van der Waals surface area contributed by atoms with Crippen molar-refractivity contribution in [3.63, 3.8) is 0 Å². The molecule has 1 heterocycles. The Morgan fingerprint density at radius 3 is 2.79 bits per heavy atom. The summed E-state index contributed by atoms with van der Waals surface area (Å²) in [5, 5.41) is 6.10. The van der Waals surface area contributed by atoms with Crippen LogP contribution < -0.4 is 10.6 Å². The lowest BCUT2D eigenvalue weighted by Crippen LogP contribution is -2.32. The van der Waals surface area contributed by atoms with Crippen LogP contribution in [-0.2, 0) is 0 Å². The number of rotatable bonds is 4. The molecule has 1 amide bonds. The van der Waals surface area contributed by atoms with Crippen LogP contribution in [0.5, 0.6) is 0 Å². The van der Waals surface area contributed by atoms with Gasteiger partial charge in [-0.1, -0.05) is 6.07 Å². The van der Waals surface area contributed by atoms with Gasteiger partial charge in [-0.25, -0.2) is 0 Å². The average Bonchev–Trinajstić information content (AvgIpc) is 2.46. The molecule has 1 aliphatic rings. The Kier molecular flexibility index (Phi) is 4.80. The van der Waals surface area contributed by atoms with Crippen LogP contribution >= 0.6 is 0 Å². The molecule has 0 bridgehead atoms. The van der Waals surface area contributed by atoms with E-state index in [1.54, 1.807) is 7.05 Å². The predicted molar refractivity (Wildman–Crippen MR) is 78.5 cm³/mol. The fourth-order valence-corrected chi connectivity index (χ4v) is 2.44. The monoisotopic (exact) mass is 261 g/mol. The second-order valence-electron chi connectivity index (χ2n) is 5.29. The third kappa shape index (κ3) is 3.96. The van der Waals surface area contributed by atoms with Gasteiger partial charge in [0, 0.05) is 24.8 Å². The van der Waals surface area contributed by atoms with Crippen LogP contribution in [0.2, 0.25) is 0 Å². The molecule has 1 aromatic carbocycles. The number of carbonyl (C=O) groups is 1. The largest absolute Gasteiger partial charge is 0.385 e. The quantitative estimate of drug-likeness (QED) is 0.868. The van der Waals surface area contributed by atoms with Crippen molar-refractivity contribution in [2.24, 2.45) is 5.92 Å². The zero-order chi connectivity index (χ0) is 13.7. The van der Waals surface area contributed by atoms with E-state index in [0.29, 0.717) is 5.56 Å². The number of hydrogen-bond donors (Lipinski definition) is 2. The maximum Gasteiger partial charge on any atom is 0.251 e. The Labute approximate surface area is 115 Å². The number of nitrogens with one attached hydrogen (secondary N) is 2. The van der Waals surface area contributed by atoms with Crippen LogP contribution in [0, 0.1) is 5.92 Å². The molecule has 104 valence electrons. The standard InChI is InChI=1S/C15H23N3O/c1-16-15(19)13-4-3-5-14(10-13)17-11-12-6-8-18(2)9-7-12/h3-5,10,12,17H,6-9,11H2,1-2H3,(H,16,19). The molecule has 0 aromatic heterocycles. The highest BCUT2D eigenvalue weighted by Crippen LogP contribution is 2.17. The number of anilines is 1. The van der Waals surface area contributed by atoms with Gasteiger partial charge in [0.15, 0.2) is 0 Å². The summed E-state index contributed by atoms with van der Waals surface area (Å²) in [6, 6.07) is 7.68. The van der Waals surface area contributed by atoms with Gasteiger partial charge in [-0.3, -0.25) is 4.79 Å². The maximum atomic E-state index is 11.6. The third-order valence-electron chi connectivity index (χ3n) is 3.78. The van der Waals surface area contributed by atoms with E-state index in [-0.39, 0.29) is 5.91 Å². The number of benzene rings is 1. The minimum Gasteiger partial charge on any atom is -0.385 e. The summed E-state index contributed by atoms with van der Waals surface area (Å²) < 4.78 is 0. The summed E-state index contributed by atoms with van der Waals surface area (Å²) in [5.74, 6) is 0.697. The van der Waals surface area contributed by atoms with Crippen LogP contribution in [0.1, 0.15) is 23.2 Å². The molecule has 1 fully saturated rings. The fourth-order valence-electron chi connectivity index (χ4n) is 2.44. The van der Waals surface area contributed by atoms with Crippen molar-refractivity contribution >= 4 is 11.6 Å². The number of hydrogen-bond acceptors (Lipinski definition) is 3. The van der Waals surface area contributed by atoms with Gasteiger partial charge < -0.3 is 15.5 Å². The van der Waals surface area contributed by atoms with Crippen LogP contribution in [-0.4, -0.2) is 44.5 Å². The van der Waals surface area contributed by atoms with Crippen LogP contribution in [0.25, 0.3) is 0 Å². The molecule has 1 aliphatic heterocycles. The van der Waals surface area contributed by atoms with Gasteiger partial charge in [0.1, 0.15) is 0 Å². The number of carbonyl (C=O) groups excluding carboxylic acids is 1. The van der Waals surface area contributed by atoms with Gasteiger partial charge >= 0.3 is 0 Å². The van der Waals surface area contributed by atoms with E-state index in [4.69, 9.17) is 0 Å². The number of nitrogens with zero attached hydrogens (tertiary/aromatic N) is 1. The minimum absolute atomic E-state index is 0.0389. The lowest BCUT2D eigenvalue weighted by atomic mass is 9.97. The van der Waals surface area contributed by atoms with E-state index in [2.05, 4.69) is 22.6 Å². The molecule has 0 saturated carbocycles. The Morgan fingerprint density at radius 2 is 2.11 bits per heavy atom. The first-order valence-electron chi connectivity index (χ1n) is 6.93. The molecule has 1 aromatic rings. The van der Waals surface area contributed by atoms with Gasteiger partial charge in [-0.2, -0.15) is 0 Å². The lowest BCUT2D eigenvalue weighted by molar-refractivity contribution is 0.0963. The predicted octanol–water partition coefficient (Wildman–Crippen LogP) is 1.80. The topological polar surface area (TPSA) is 44.4 Å². The number of amides is 1. The molecular formula is C15H23N3O. The summed E-state index contributed by atoms with van der Waals surface area (Å²) in [5.41, 5.74) is 1.73. The number of piperidine rings is 1. The zero-order valence-corrected chi connectivity index (χ0v) is 11.8. The molecular weight excluding hydrogens is 238 g/mol. The molecule has 0 unspecified atom stereocenters. The van der Waals surface area contributed by atoms with E-state index >= 15 is 0 Å². The fraction of sp³-hybridized carbons (Fsp3) is 0.533. The summed E-state index contributed by atoms with van der Waals surface area (Å²) in [4.78, 5) is 13.9. The van der Waals surface area contributed by atoms with Crippen LogP contribution in [0.4, 0.5) is 5.69 Å². The van der Waals surface area contributed by atoms with E-state index < -0.39 is 0 Å². The number of likely N-dealkylation sites (tertiary alicyclic amines) is 1. The first-order valence-corrected chi connectivity index (χ1v) is 6.93. The second-order valence-corrected chi connectivity index (χ2v) is 5.29. The Bertz CT molecular complexity index is 425. The lowest BCUT2D eigenvalue weighted by Gasteiger charge is -2.29. The molecule has 4 heteroatoms. The average molecular weight is 261 g/mol. The van der Waals surface area contributed by atoms with Crippen molar-refractivity contribution in [2.45, 2.75) is 12.8 Å². The van der Waals surface area contributed by atoms with Crippen molar-refractivity contribution in [1.29, 1.82) is 0 Å². The molecule has 2 rings (SSSR count). The van der Waals surface area contributed by atoms with Gasteiger partial charge in [0.25, 0.3) is 5.91 Å². The smallest absolute Gasteiger partial charge is 0.251 e. The summed E-state index contributed by atoms with van der Waals surface area (Å²) >= 11 is 0. The van der Waals surface area contributed by atoms with Crippen molar-refractivity contribution < 1.29 is 4.79 Å². The van der Waals surface area contributed by atoms with E-state index in [0.717, 1.165) is 18.2 Å². The molecule has 19 heavy (non-hydrogen) atoms. The Hall–Kier alpha value is -1.55. The molecule has 0 radical (unpaired) electrons. The molecule has 4 nitrogen and oxygen atoms in total. The molecule has 0 atom stereocenters. The van der Waals surface area contributed by atoms with E-state index in [9.17, 15) is 4.79 Å². The molecule has 0 aliphatic carbocycles. The first kappa shape index (κ1) is 13.9. The maximum absolute atomic E-state index is 11.6. The molecule has 1 saturated heterocycles. The second kappa shape index (κ2) is 6.57. The normalized spacial score (nSPS) is 17.2. The van der Waals surface area contributed by atoms with Crippen LogP contribution in [0.3, 0.4) is 0 Å². The molecule has 2 N–H and O–H groups in total. The van der Waals surface area contributed by atoms with Crippen molar-refractivity contribution in [3.05, 3.63) is 29.8 Å². The summed E-state index contributed by atoms with van der Waals surface area (Å²) in [7, 11) is 3.83. The van der Waals surface area contributed by atoms with Gasteiger partial charge in [-0.05, 0) is 57.1 Å². The van der Waals surface area contributed by atoms with Crippen molar-refractivity contribution in [1.82, 2.24) is 10.2 Å². The molecule has 0 spiro atoms. The highest BCUT2D eigenvalue weighted by molar-refractivity contribution is 5.94. The van der Waals surface area contributed by atoms with Crippen molar-refractivity contribution in [3.8, 4) is 0 Å². The third-order valence-corrected chi connectivity index (χ3v) is 3.78. The van der Waals surface area contributed by atoms with Gasteiger partial charge in [0.2, 0.25) is 0 Å². The van der Waals surface area contributed by atoms with E-state index in [1.807, 2.05) is 24.3 Å². The minimum atomic E-state index is -0.0389. The highest BCUT2D eigenvalue weighted by atomic mass is 16.1. The summed E-state index contributed by atoms with van der Waals surface area (Å²) in [6.07, 6.45) is 2.50.